The van der Waals surface area contributed by atoms with Crippen LogP contribution in [0.3, 0.4) is 0 Å². The van der Waals surface area contributed by atoms with E-state index in [0.29, 0.717) is 12.6 Å². The average Bonchev–Trinajstić information content (AvgIpc) is 3.45. The molecule has 0 amide bonds. The van der Waals surface area contributed by atoms with Gasteiger partial charge in [0.2, 0.25) is 0 Å². The molecule has 2 aromatic carbocycles. The van der Waals surface area contributed by atoms with Crippen molar-refractivity contribution in [2.24, 2.45) is 10.7 Å². The van der Waals surface area contributed by atoms with Crippen molar-refractivity contribution in [1.29, 1.82) is 0 Å². The first-order valence-corrected chi connectivity index (χ1v) is 13.2. The lowest BCUT2D eigenvalue weighted by atomic mass is 9.84. The molecule has 1 fully saturated rings. The first kappa shape index (κ1) is 23.3. The lowest BCUT2D eigenvalue weighted by Crippen LogP contribution is -2.43. The van der Waals surface area contributed by atoms with Crippen LogP contribution >= 0.6 is 0 Å². The first-order chi connectivity index (χ1) is 16.6. The van der Waals surface area contributed by atoms with Gasteiger partial charge in [-0.3, -0.25) is 0 Å². The molecule has 182 valence electrons. The molecule has 0 saturated heterocycles. The van der Waals surface area contributed by atoms with E-state index in [9.17, 15) is 4.39 Å². The van der Waals surface area contributed by atoms with Crippen molar-refractivity contribution in [2.75, 3.05) is 13.2 Å². The van der Waals surface area contributed by atoms with Crippen molar-refractivity contribution in [3.63, 3.8) is 0 Å². The number of benzene rings is 2. The Bertz CT molecular complexity index is 1020. The fourth-order valence-electron chi connectivity index (χ4n) is 6.10. The van der Waals surface area contributed by atoms with Crippen molar-refractivity contribution in [3.8, 4) is 0 Å². The minimum absolute atomic E-state index is 0.0316. The monoisotopic (exact) mass is 463 g/mol. The van der Waals surface area contributed by atoms with Gasteiger partial charge < -0.3 is 15.4 Å². The zero-order valence-electron chi connectivity index (χ0n) is 20.4. The van der Waals surface area contributed by atoms with Gasteiger partial charge >= 0.3 is 0 Å². The second-order valence-corrected chi connectivity index (χ2v) is 10.3. The molecule has 0 unspecified atom stereocenters. The smallest absolute Gasteiger partial charge is 0.288 e. The normalized spacial score (nSPS) is 26.0. The first-order valence-electron chi connectivity index (χ1n) is 13.2. The highest BCUT2D eigenvalue weighted by atomic mass is 19.1. The van der Waals surface area contributed by atoms with Crippen LogP contribution in [0, 0.1) is 5.82 Å². The number of unbranched alkanes of at least 4 members (excludes halogenated alkanes) is 4. The fraction of sp³-hybridized carbons (Fsp3) is 0.552. The number of nitrogens with two attached hydrogens (primary N) is 1. The van der Waals surface area contributed by atoms with Crippen LogP contribution < -0.4 is 5.73 Å². The molecule has 3 atom stereocenters. The number of halogens is 1. The molecule has 34 heavy (non-hydrogen) atoms. The predicted octanol–water partition coefficient (Wildman–Crippen LogP) is 5.92. The van der Waals surface area contributed by atoms with Gasteiger partial charge in [-0.05, 0) is 72.9 Å². The van der Waals surface area contributed by atoms with Gasteiger partial charge in [0.25, 0.3) is 6.02 Å². The van der Waals surface area contributed by atoms with Gasteiger partial charge in [0.1, 0.15) is 18.0 Å². The molecular weight excluding hydrogens is 425 g/mol. The summed E-state index contributed by atoms with van der Waals surface area (Å²) in [5.74, 6) is -0.211. The molecule has 5 rings (SSSR count). The van der Waals surface area contributed by atoms with Crippen molar-refractivity contribution < 1.29 is 9.13 Å². The highest BCUT2D eigenvalue weighted by Crippen LogP contribution is 2.41. The molecule has 1 saturated carbocycles. The fourth-order valence-corrected chi connectivity index (χ4v) is 6.10. The summed E-state index contributed by atoms with van der Waals surface area (Å²) in [6, 6.07) is 14.4. The number of rotatable bonds is 7. The molecule has 0 aromatic heterocycles. The Morgan fingerprint density at radius 3 is 2.71 bits per heavy atom. The minimum atomic E-state index is -0.275. The third-order valence-electron chi connectivity index (χ3n) is 8.08. The van der Waals surface area contributed by atoms with Crippen LogP contribution in [-0.4, -0.2) is 35.7 Å². The Morgan fingerprint density at radius 1 is 1.12 bits per heavy atom. The molecule has 5 heteroatoms. The van der Waals surface area contributed by atoms with Crippen LogP contribution in [0.1, 0.15) is 86.6 Å². The third-order valence-corrected chi connectivity index (χ3v) is 8.08. The van der Waals surface area contributed by atoms with Crippen molar-refractivity contribution in [2.45, 2.75) is 88.8 Å². The van der Waals surface area contributed by atoms with E-state index in [0.717, 1.165) is 44.2 Å². The maximum atomic E-state index is 13.8. The maximum Gasteiger partial charge on any atom is 0.288 e. The molecule has 2 aliphatic heterocycles. The molecule has 4 nitrogen and oxygen atoms in total. The predicted molar refractivity (Wildman–Crippen MR) is 136 cm³/mol. The highest BCUT2D eigenvalue weighted by Gasteiger charge is 2.47. The number of fused-ring (bicyclic) bond motifs is 1. The minimum Gasteiger partial charge on any atom is -0.462 e. The van der Waals surface area contributed by atoms with Crippen LogP contribution in [0.4, 0.5) is 4.39 Å². The number of ether oxygens (including phenoxy) is 1. The molecule has 0 bridgehead atoms. The van der Waals surface area contributed by atoms with Crippen LogP contribution in [0.5, 0.6) is 0 Å². The van der Waals surface area contributed by atoms with Crippen molar-refractivity contribution in [1.82, 2.24) is 4.90 Å². The summed E-state index contributed by atoms with van der Waals surface area (Å²) in [6.45, 7) is 3.67. The maximum absolute atomic E-state index is 13.8. The summed E-state index contributed by atoms with van der Waals surface area (Å²) in [5.41, 5.74) is 11.5. The Kier molecular flexibility index (Phi) is 6.91. The van der Waals surface area contributed by atoms with Crippen LogP contribution in [0.15, 0.2) is 47.5 Å². The van der Waals surface area contributed by atoms with Gasteiger partial charge in [-0.15, -0.1) is 0 Å². The van der Waals surface area contributed by atoms with E-state index >= 15 is 0 Å². The largest absolute Gasteiger partial charge is 0.462 e. The molecule has 1 aliphatic carbocycles. The SMILES string of the molecule is CCCCCCCc1cccc2c1CCN(C1=N[C@]3(CCC[C@H]3N)CO1)[C@H]2c1ccc(F)cc1. The number of hydrogen-bond acceptors (Lipinski definition) is 4. The zero-order valence-corrected chi connectivity index (χ0v) is 20.4. The Balaban J connectivity index is 1.47. The van der Waals surface area contributed by atoms with Gasteiger partial charge in [-0.1, -0.05) is 62.9 Å². The Hall–Kier alpha value is -2.40. The second kappa shape index (κ2) is 10.1. The number of amidine groups is 1. The van der Waals surface area contributed by atoms with Gasteiger partial charge in [-0.2, -0.15) is 0 Å². The highest BCUT2D eigenvalue weighted by molar-refractivity contribution is 5.78. The van der Waals surface area contributed by atoms with E-state index in [1.807, 2.05) is 12.1 Å². The number of nitrogens with zero attached hydrogens (tertiary/aromatic N) is 2. The van der Waals surface area contributed by atoms with Crippen LogP contribution in [0.2, 0.25) is 0 Å². The second-order valence-electron chi connectivity index (χ2n) is 10.3. The van der Waals surface area contributed by atoms with Crippen molar-refractivity contribution >= 4 is 6.02 Å². The van der Waals surface area contributed by atoms with E-state index in [4.69, 9.17) is 15.5 Å². The van der Waals surface area contributed by atoms with E-state index < -0.39 is 0 Å². The Labute approximate surface area is 203 Å². The summed E-state index contributed by atoms with van der Waals surface area (Å²) in [5, 5.41) is 0. The number of aliphatic imine (C=N–C) groups is 1. The molecular formula is C29H38FN3O. The van der Waals surface area contributed by atoms with Crippen LogP contribution in [0.25, 0.3) is 0 Å². The zero-order chi connectivity index (χ0) is 23.5. The quantitative estimate of drug-likeness (QED) is 0.519. The van der Waals surface area contributed by atoms with E-state index in [-0.39, 0.29) is 23.4 Å². The number of hydrogen-bond donors (Lipinski definition) is 1. The molecule has 2 aromatic rings. The summed E-state index contributed by atoms with van der Waals surface area (Å²) in [6.07, 6.45) is 11.6. The van der Waals surface area contributed by atoms with Gasteiger partial charge in [0.05, 0.1) is 6.04 Å². The molecule has 2 N–H and O–H groups in total. The number of aryl methyl sites for hydroxylation is 1. The standard InChI is InChI=1S/C29H38FN3O/c1-2-3-4-5-6-9-21-10-7-11-25-24(21)17-19-33(27(25)22-13-15-23(30)16-14-22)28-32-29(20-34-28)18-8-12-26(29)31/h7,10-11,13-16,26-27H,2-6,8-9,12,17-20,31H2,1H3/t26-,27+,29-/m1/s1. The summed E-state index contributed by atoms with van der Waals surface area (Å²) < 4.78 is 20.1. The summed E-state index contributed by atoms with van der Waals surface area (Å²) >= 11 is 0. The lowest BCUT2D eigenvalue weighted by Gasteiger charge is -2.39. The summed E-state index contributed by atoms with van der Waals surface area (Å²) in [7, 11) is 0. The summed E-state index contributed by atoms with van der Waals surface area (Å²) in [4.78, 5) is 7.40. The molecule has 3 aliphatic rings. The van der Waals surface area contributed by atoms with E-state index in [2.05, 4.69) is 30.0 Å². The topological polar surface area (TPSA) is 50.8 Å². The third kappa shape index (κ3) is 4.47. The van der Waals surface area contributed by atoms with Gasteiger partial charge in [0, 0.05) is 12.6 Å². The molecule has 1 spiro atoms. The molecule has 2 heterocycles. The average molecular weight is 464 g/mol. The lowest BCUT2D eigenvalue weighted by molar-refractivity contribution is 0.197. The van der Waals surface area contributed by atoms with E-state index in [1.165, 1.54) is 48.8 Å². The van der Waals surface area contributed by atoms with E-state index in [1.54, 1.807) is 12.1 Å². The van der Waals surface area contributed by atoms with Gasteiger partial charge in [0.15, 0.2) is 0 Å². The van der Waals surface area contributed by atoms with Crippen molar-refractivity contribution in [3.05, 3.63) is 70.5 Å². The molecule has 0 radical (unpaired) electrons. The van der Waals surface area contributed by atoms with Gasteiger partial charge in [-0.25, -0.2) is 9.38 Å². The van der Waals surface area contributed by atoms with Crippen LogP contribution in [-0.2, 0) is 17.6 Å². The Morgan fingerprint density at radius 2 is 1.94 bits per heavy atom.